The van der Waals surface area contributed by atoms with Gasteiger partial charge in [0.05, 0.1) is 15.9 Å². The number of halogens is 2. The van der Waals surface area contributed by atoms with Gasteiger partial charge in [-0.15, -0.1) is 0 Å². The molecular weight excluding hydrogens is 308 g/mol. The minimum atomic E-state index is 0.862. The smallest absolute Gasteiger partial charge is 0.0898 e. The van der Waals surface area contributed by atoms with Gasteiger partial charge in [0.1, 0.15) is 0 Å². The third-order valence-corrected chi connectivity index (χ3v) is 3.56. The first kappa shape index (κ1) is 9.80. The van der Waals surface area contributed by atoms with E-state index in [1.165, 1.54) is 0 Å². The summed E-state index contributed by atoms with van der Waals surface area (Å²) in [6.07, 6.45) is 3.51. The first-order chi connectivity index (χ1) is 6.77. The Kier molecular flexibility index (Phi) is 2.93. The van der Waals surface area contributed by atoms with Gasteiger partial charge in [0.25, 0.3) is 0 Å². The monoisotopic (exact) mass is 312 g/mol. The summed E-state index contributed by atoms with van der Waals surface area (Å²) in [5.74, 6) is 0. The van der Waals surface area contributed by atoms with Crippen LogP contribution in [-0.2, 0) is 0 Å². The molecule has 0 fully saturated rings. The zero-order valence-corrected chi connectivity index (χ0v) is 10.3. The first-order valence-electron chi connectivity index (χ1n) is 4.00. The molecule has 2 rings (SSSR count). The van der Waals surface area contributed by atoms with Crippen molar-refractivity contribution < 1.29 is 0 Å². The van der Waals surface area contributed by atoms with Crippen molar-refractivity contribution in [2.24, 2.45) is 0 Å². The predicted molar refractivity (Wildman–Crippen MR) is 62.9 cm³/mol. The molecule has 2 aromatic heterocycles. The third-order valence-electron chi connectivity index (χ3n) is 1.74. The van der Waals surface area contributed by atoms with E-state index in [0.29, 0.717) is 0 Å². The zero-order valence-electron chi connectivity index (χ0n) is 7.11. The lowest BCUT2D eigenvalue weighted by atomic mass is 10.2. The Hall–Kier alpha value is -0.740. The van der Waals surface area contributed by atoms with Gasteiger partial charge in [-0.05, 0) is 50.1 Å². The average molecular weight is 314 g/mol. The molecule has 0 aliphatic heterocycles. The van der Waals surface area contributed by atoms with Crippen molar-refractivity contribution in [2.45, 2.75) is 0 Å². The predicted octanol–water partition coefficient (Wildman–Crippen LogP) is 3.67. The molecule has 0 atom stereocenters. The summed E-state index contributed by atoms with van der Waals surface area (Å²) in [4.78, 5) is 8.49. The molecule has 0 saturated heterocycles. The molecular formula is C10H6Br2N2. The van der Waals surface area contributed by atoms with Crippen molar-refractivity contribution >= 4 is 31.9 Å². The van der Waals surface area contributed by atoms with Gasteiger partial charge in [0, 0.05) is 16.9 Å². The molecule has 0 aliphatic rings. The highest BCUT2D eigenvalue weighted by Crippen LogP contribution is 2.25. The zero-order chi connectivity index (χ0) is 9.97. The van der Waals surface area contributed by atoms with Crippen LogP contribution in [0.5, 0.6) is 0 Å². The molecule has 0 saturated carbocycles. The van der Waals surface area contributed by atoms with Gasteiger partial charge in [-0.1, -0.05) is 6.07 Å². The highest BCUT2D eigenvalue weighted by Gasteiger charge is 2.02. The Morgan fingerprint density at radius 2 is 1.79 bits per heavy atom. The molecule has 70 valence electrons. The van der Waals surface area contributed by atoms with Crippen LogP contribution in [0.1, 0.15) is 0 Å². The minimum Gasteiger partial charge on any atom is -0.255 e. The van der Waals surface area contributed by atoms with E-state index in [-0.39, 0.29) is 0 Å². The molecule has 0 bridgehead atoms. The van der Waals surface area contributed by atoms with E-state index < -0.39 is 0 Å². The Bertz CT molecular complexity index is 443. The first-order valence-corrected chi connectivity index (χ1v) is 5.58. The molecule has 0 amide bonds. The quantitative estimate of drug-likeness (QED) is 0.803. The lowest BCUT2D eigenvalue weighted by molar-refractivity contribution is 1.23. The molecule has 14 heavy (non-hydrogen) atoms. The highest BCUT2D eigenvalue weighted by atomic mass is 79.9. The maximum atomic E-state index is 4.27. The van der Waals surface area contributed by atoms with Crippen molar-refractivity contribution in [3.8, 4) is 11.4 Å². The van der Waals surface area contributed by atoms with Gasteiger partial charge >= 0.3 is 0 Å². The van der Waals surface area contributed by atoms with Crippen LogP contribution in [0.4, 0.5) is 0 Å². The Morgan fingerprint density at radius 1 is 0.929 bits per heavy atom. The molecule has 0 aliphatic carbocycles. The van der Waals surface area contributed by atoms with Crippen molar-refractivity contribution in [3.63, 3.8) is 0 Å². The van der Waals surface area contributed by atoms with Gasteiger partial charge in [-0.25, -0.2) is 0 Å². The summed E-state index contributed by atoms with van der Waals surface area (Å²) in [5, 5.41) is 0. The fourth-order valence-electron chi connectivity index (χ4n) is 1.07. The van der Waals surface area contributed by atoms with Crippen molar-refractivity contribution in [1.29, 1.82) is 0 Å². The largest absolute Gasteiger partial charge is 0.255 e. The minimum absolute atomic E-state index is 0.862. The summed E-state index contributed by atoms with van der Waals surface area (Å²) in [6, 6.07) is 7.70. The van der Waals surface area contributed by atoms with E-state index in [9.17, 15) is 0 Å². The molecule has 0 N–H and O–H groups in total. The Labute approximate surface area is 98.7 Å². The number of hydrogen-bond donors (Lipinski definition) is 0. The van der Waals surface area contributed by atoms with Crippen molar-refractivity contribution in [2.75, 3.05) is 0 Å². The fourth-order valence-corrected chi connectivity index (χ4v) is 1.60. The van der Waals surface area contributed by atoms with Crippen LogP contribution >= 0.6 is 31.9 Å². The van der Waals surface area contributed by atoms with Crippen LogP contribution in [0.15, 0.2) is 45.6 Å². The number of rotatable bonds is 1. The highest BCUT2D eigenvalue weighted by molar-refractivity contribution is 9.13. The number of nitrogens with zero attached hydrogens (tertiary/aromatic N) is 2. The SMILES string of the molecule is Brc1cnc(-c2ccccn2)cc1Br. The fraction of sp³-hybridized carbons (Fsp3) is 0. The van der Waals surface area contributed by atoms with Gasteiger partial charge in [-0.2, -0.15) is 0 Å². The molecule has 0 unspecified atom stereocenters. The van der Waals surface area contributed by atoms with Crippen molar-refractivity contribution in [3.05, 3.63) is 45.6 Å². The third kappa shape index (κ3) is 2.01. The van der Waals surface area contributed by atoms with E-state index >= 15 is 0 Å². The van der Waals surface area contributed by atoms with Crippen LogP contribution in [0.25, 0.3) is 11.4 Å². The summed E-state index contributed by atoms with van der Waals surface area (Å²) in [5.41, 5.74) is 1.74. The normalized spacial score (nSPS) is 10.1. The molecule has 2 nitrogen and oxygen atoms in total. The lowest BCUT2D eigenvalue weighted by Crippen LogP contribution is -1.86. The second-order valence-corrected chi connectivity index (χ2v) is 4.41. The Morgan fingerprint density at radius 3 is 2.43 bits per heavy atom. The number of aromatic nitrogens is 2. The second kappa shape index (κ2) is 4.19. The summed E-state index contributed by atoms with van der Waals surface area (Å²) in [6.45, 7) is 0. The van der Waals surface area contributed by atoms with Crippen molar-refractivity contribution in [1.82, 2.24) is 9.97 Å². The molecule has 4 heteroatoms. The standard InChI is InChI=1S/C10H6Br2N2/c11-7-5-10(14-6-8(7)12)9-3-1-2-4-13-9/h1-6H. The van der Waals surface area contributed by atoms with Gasteiger partial charge in [0.15, 0.2) is 0 Å². The van der Waals surface area contributed by atoms with E-state index in [1.54, 1.807) is 12.4 Å². The molecule has 0 aromatic carbocycles. The van der Waals surface area contributed by atoms with Gasteiger partial charge in [-0.3, -0.25) is 9.97 Å². The van der Waals surface area contributed by atoms with Crippen LogP contribution < -0.4 is 0 Å². The molecule has 0 spiro atoms. The molecule has 0 radical (unpaired) electrons. The van der Waals surface area contributed by atoms with E-state index in [1.807, 2.05) is 24.3 Å². The average Bonchev–Trinajstić information content (AvgIpc) is 2.23. The van der Waals surface area contributed by atoms with Gasteiger partial charge in [0.2, 0.25) is 0 Å². The van der Waals surface area contributed by atoms with E-state index in [2.05, 4.69) is 41.8 Å². The second-order valence-electron chi connectivity index (χ2n) is 2.70. The summed E-state index contributed by atoms with van der Waals surface area (Å²) < 4.78 is 1.92. The topological polar surface area (TPSA) is 25.8 Å². The number of hydrogen-bond acceptors (Lipinski definition) is 2. The molecule has 2 heterocycles. The summed E-state index contributed by atoms with van der Waals surface area (Å²) in [7, 11) is 0. The molecule has 2 aromatic rings. The maximum absolute atomic E-state index is 4.27. The lowest BCUT2D eigenvalue weighted by Gasteiger charge is -2.00. The summed E-state index contributed by atoms with van der Waals surface area (Å²) >= 11 is 6.80. The van der Waals surface area contributed by atoms with Crippen LogP contribution in [0, 0.1) is 0 Å². The number of pyridine rings is 2. The van der Waals surface area contributed by atoms with Crippen LogP contribution in [-0.4, -0.2) is 9.97 Å². The van der Waals surface area contributed by atoms with Crippen LogP contribution in [0.3, 0.4) is 0 Å². The van der Waals surface area contributed by atoms with Crippen LogP contribution in [0.2, 0.25) is 0 Å². The van der Waals surface area contributed by atoms with E-state index in [0.717, 1.165) is 20.3 Å². The maximum Gasteiger partial charge on any atom is 0.0898 e. The Balaban J connectivity index is 2.48. The van der Waals surface area contributed by atoms with E-state index in [4.69, 9.17) is 0 Å². The van der Waals surface area contributed by atoms with Gasteiger partial charge < -0.3 is 0 Å².